The summed E-state index contributed by atoms with van der Waals surface area (Å²) in [5.41, 5.74) is 0.165. The first kappa shape index (κ1) is 13.7. The van der Waals surface area contributed by atoms with Crippen molar-refractivity contribution in [2.45, 2.75) is 32.1 Å². The minimum absolute atomic E-state index is 0.165. The standard InChI is InChI=1S/C15H21NO3/c1-16(10-11-6-3-2-4-7-11)15(19)12-8-5-9-13(17)14(12)18/h5,8-9,11,17-18H,2-4,6-7,10H2,1H3. The molecule has 1 fully saturated rings. The molecule has 4 heteroatoms. The van der Waals surface area contributed by atoms with E-state index in [4.69, 9.17) is 0 Å². The summed E-state index contributed by atoms with van der Waals surface area (Å²) in [6, 6.07) is 4.47. The number of rotatable bonds is 3. The Hall–Kier alpha value is -1.71. The summed E-state index contributed by atoms with van der Waals surface area (Å²) in [7, 11) is 1.75. The molecule has 104 valence electrons. The van der Waals surface area contributed by atoms with E-state index in [-0.39, 0.29) is 23.0 Å². The van der Waals surface area contributed by atoms with Crippen LogP contribution in [0, 0.1) is 5.92 Å². The number of aromatic hydroxyl groups is 2. The molecule has 1 aliphatic rings. The Morgan fingerprint density at radius 3 is 2.63 bits per heavy atom. The van der Waals surface area contributed by atoms with Crippen LogP contribution in [0.25, 0.3) is 0 Å². The van der Waals surface area contributed by atoms with Gasteiger partial charge in [-0.1, -0.05) is 25.3 Å². The van der Waals surface area contributed by atoms with Gasteiger partial charge in [0, 0.05) is 13.6 Å². The van der Waals surface area contributed by atoms with Crippen LogP contribution in [0.2, 0.25) is 0 Å². The molecule has 2 rings (SSSR count). The van der Waals surface area contributed by atoms with Crippen LogP contribution in [0.15, 0.2) is 18.2 Å². The third kappa shape index (κ3) is 3.19. The number of carbonyl (C=O) groups excluding carboxylic acids is 1. The monoisotopic (exact) mass is 263 g/mol. The molecule has 0 bridgehead atoms. The highest BCUT2D eigenvalue weighted by Crippen LogP contribution is 2.30. The Balaban J connectivity index is 2.03. The van der Waals surface area contributed by atoms with Crippen molar-refractivity contribution in [2.24, 2.45) is 5.92 Å². The van der Waals surface area contributed by atoms with Gasteiger partial charge in [0.25, 0.3) is 5.91 Å². The van der Waals surface area contributed by atoms with Gasteiger partial charge in [0.15, 0.2) is 11.5 Å². The first-order valence-electron chi connectivity index (χ1n) is 6.86. The van der Waals surface area contributed by atoms with Gasteiger partial charge in [-0.25, -0.2) is 0 Å². The molecule has 2 N–H and O–H groups in total. The zero-order valence-corrected chi connectivity index (χ0v) is 11.3. The topological polar surface area (TPSA) is 60.8 Å². The lowest BCUT2D eigenvalue weighted by atomic mass is 9.89. The van der Waals surface area contributed by atoms with Crippen molar-refractivity contribution in [3.05, 3.63) is 23.8 Å². The number of benzene rings is 1. The summed E-state index contributed by atoms with van der Waals surface area (Å²) >= 11 is 0. The number of para-hydroxylation sites is 1. The molecule has 4 nitrogen and oxygen atoms in total. The number of phenolic OH excluding ortho intramolecular Hbond substituents is 2. The second-order valence-electron chi connectivity index (χ2n) is 5.36. The summed E-state index contributed by atoms with van der Waals surface area (Å²) in [4.78, 5) is 13.9. The fourth-order valence-corrected chi connectivity index (χ4v) is 2.75. The van der Waals surface area contributed by atoms with Crippen LogP contribution in [0.5, 0.6) is 11.5 Å². The molecule has 0 saturated heterocycles. The van der Waals surface area contributed by atoms with Crippen molar-refractivity contribution >= 4 is 5.91 Å². The normalized spacial score (nSPS) is 16.3. The van der Waals surface area contributed by atoms with Crippen LogP contribution in [-0.4, -0.2) is 34.6 Å². The summed E-state index contributed by atoms with van der Waals surface area (Å²) < 4.78 is 0. The second kappa shape index (κ2) is 5.95. The van der Waals surface area contributed by atoms with E-state index in [0.717, 1.165) is 0 Å². The summed E-state index contributed by atoms with van der Waals surface area (Å²) in [6.07, 6.45) is 6.11. The van der Waals surface area contributed by atoms with Gasteiger partial charge < -0.3 is 15.1 Å². The van der Waals surface area contributed by atoms with E-state index in [0.29, 0.717) is 12.5 Å². The molecule has 0 heterocycles. The first-order chi connectivity index (χ1) is 9.09. The van der Waals surface area contributed by atoms with Crippen LogP contribution in [0.1, 0.15) is 42.5 Å². The molecular formula is C15H21NO3. The van der Waals surface area contributed by atoms with E-state index >= 15 is 0 Å². The summed E-state index contributed by atoms with van der Waals surface area (Å²) in [5.74, 6) is -0.263. The predicted molar refractivity (Wildman–Crippen MR) is 73.3 cm³/mol. The lowest BCUT2D eigenvalue weighted by Gasteiger charge is -2.27. The van der Waals surface area contributed by atoms with Crippen LogP contribution >= 0.6 is 0 Å². The van der Waals surface area contributed by atoms with E-state index in [1.807, 2.05) is 0 Å². The Morgan fingerprint density at radius 1 is 1.26 bits per heavy atom. The fraction of sp³-hybridized carbons (Fsp3) is 0.533. The number of nitrogens with zero attached hydrogens (tertiary/aromatic N) is 1. The van der Waals surface area contributed by atoms with E-state index in [1.54, 1.807) is 18.0 Å². The lowest BCUT2D eigenvalue weighted by molar-refractivity contribution is 0.0757. The van der Waals surface area contributed by atoms with Crippen molar-refractivity contribution in [1.82, 2.24) is 4.90 Å². The van der Waals surface area contributed by atoms with E-state index in [2.05, 4.69) is 0 Å². The van der Waals surface area contributed by atoms with Gasteiger partial charge in [-0.2, -0.15) is 0 Å². The van der Waals surface area contributed by atoms with E-state index < -0.39 is 0 Å². The Labute approximate surface area is 113 Å². The van der Waals surface area contributed by atoms with Gasteiger partial charge in [0.2, 0.25) is 0 Å². The van der Waals surface area contributed by atoms with Crippen molar-refractivity contribution in [1.29, 1.82) is 0 Å². The quantitative estimate of drug-likeness (QED) is 0.824. The van der Waals surface area contributed by atoms with E-state index in [9.17, 15) is 15.0 Å². The minimum Gasteiger partial charge on any atom is -0.504 e. The molecule has 1 amide bonds. The van der Waals surface area contributed by atoms with Gasteiger partial charge in [0.05, 0.1) is 5.56 Å². The Bertz CT molecular complexity index is 453. The third-order valence-electron chi connectivity index (χ3n) is 3.85. The SMILES string of the molecule is CN(CC1CCCCC1)C(=O)c1cccc(O)c1O. The number of hydrogen-bond acceptors (Lipinski definition) is 3. The molecule has 0 aromatic heterocycles. The van der Waals surface area contributed by atoms with Gasteiger partial charge in [-0.15, -0.1) is 0 Å². The molecule has 0 atom stereocenters. The fourth-order valence-electron chi connectivity index (χ4n) is 2.75. The Morgan fingerprint density at radius 2 is 1.95 bits per heavy atom. The molecule has 1 aliphatic carbocycles. The minimum atomic E-state index is -0.331. The molecule has 0 unspecified atom stereocenters. The molecule has 0 aliphatic heterocycles. The zero-order chi connectivity index (χ0) is 13.8. The largest absolute Gasteiger partial charge is 0.504 e. The van der Waals surface area contributed by atoms with Gasteiger partial charge in [0.1, 0.15) is 0 Å². The predicted octanol–water partition coefficient (Wildman–Crippen LogP) is 2.75. The molecule has 19 heavy (non-hydrogen) atoms. The third-order valence-corrected chi connectivity index (χ3v) is 3.85. The van der Waals surface area contributed by atoms with Gasteiger partial charge in [-0.3, -0.25) is 4.79 Å². The average Bonchev–Trinajstić information content (AvgIpc) is 2.42. The smallest absolute Gasteiger partial charge is 0.257 e. The first-order valence-corrected chi connectivity index (χ1v) is 6.86. The summed E-state index contributed by atoms with van der Waals surface area (Å²) in [5, 5.41) is 19.2. The molecule has 1 aromatic carbocycles. The number of carbonyl (C=O) groups is 1. The van der Waals surface area contributed by atoms with Crippen molar-refractivity contribution in [2.75, 3.05) is 13.6 Å². The molecule has 0 spiro atoms. The maximum absolute atomic E-state index is 12.2. The van der Waals surface area contributed by atoms with Crippen LogP contribution in [0.3, 0.4) is 0 Å². The average molecular weight is 263 g/mol. The maximum atomic E-state index is 12.2. The van der Waals surface area contributed by atoms with Crippen molar-refractivity contribution < 1.29 is 15.0 Å². The molecular weight excluding hydrogens is 242 g/mol. The van der Waals surface area contributed by atoms with Crippen LogP contribution in [-0.2, 0) is 0 Å². The molecule has 1 saturated carbocycles. The highest BCUT2D eigenvalue weighted by Gasteiger charge is 2.21. The second-order valence-corrected chi connectivity index (χ2v) is 5.36. The molecule has 0 radical (unpaired) electrons. The lowest BCUT2D eigenvalue weighted by Crippen LogP contribution is -2.32. The highest BCUT2D eigenvalue weighted by atomic mass is 16.3. The van der Waals surface area contributed by atoms with Crippen molar-refractivity contribution in [3.8, 4) is 11.5 Å². The Kier molecular flexibility index (Phi) is 4.30. The highest BCUT2D eigenvalue weighted by molar-refractivity contribution is 5.97. The van der Waals surface area contributed by atoms with Crippen molar-refractivity contribution in [3.63, 3.8) is 0 Å². The van der Waals surface area contributed by atoms with Crippen LogP contribution < -0.4 is 0 Å². The maximum Gasteiger partial charge on any atom is 0.257 e. The number of amides is 1. The summed E-state index contributed by atoms with van der Waals surface area (Å²) in [6.45, 7) is 0.716. The number of phenols is 2. The van der Waals surface area contributed by atoms with Gasteiger partial charge in [-0.05, 0) is 30.9 Å². The van der Waals surface area contributed by atoms with Gasteiger partial charge >= 0.3 is 0 Å². The zero-order valence-electron chi connectivity index (χ0n) is 11.3. The van der Waals surface area contributed by atoms with Crippen LogP contribution in [0.4, 0.5) is 0 Å². The molecule has 1 aromatic rings. The van der Waals surface area contributed by atoms with E-state index in [1.165, 1.54) is 44.2 Å². The number of hydrogen-bond donors (Lipinski definition) is 2.